The molecular formula is C24H26N4O7. The normalized spacial score (nSPS) is 16.7. The van der Waals surface area contributed by atoms with E-state index in [9.17, 15) is 24.5 Å². The van der Waals surface area contributed by atoms with Gasteiger partial charge < -0.3 is 19.7 Å². The summed E-state index contributed by atoms with van der Waals surface area (Å²) in [5, 5.41) is 14.3. The van der Waals surface area contributed by atoms with Crippen LogP contribution < -0.4 is 15.1 Å². The van der Waals surface area contributed by atoms with E-state index in [0.29, 0.717) is 31.6 Å². The van der Waals surface area contributed by atoms with E-state index >= 15 is 0 Å². The number of hydrogen-bond donors (Lipinski definition) is 1. The zero-order valence-corrected chi connectivity index (χ0v) is 19.4. The van der Waals surface area contributed by atoms with E-state index in [2.05, 4.69) is 10.1 Å². The fraction of sp³-hybridized carbons (Fsp3) is 0.375. The number of benzene rings is 2. The van der Waals surface area contributed by atoms with Crippen molar-refractivity contribution in [3.05, 3.63) is 63.7 Å². The summed E-state index contributed by atoms with van der Waals surface area (Å²) >= 11 is 0. The first kappa shape index (κ1) is 24.0. The van der Waals surface area contributed by atoms with Gasteiger partial charge in [0.25, 0.3) is 11.6 Å². The minimum Gasteiger partial charge on any atom is -0.467 e. The van der Waals surface area contributed by atoms with E-state index in [1.54, 1.807) is 11.0 Å². The molecule has 0 bridgehead atoms. The number of nitro benzene ring substituents is 1. The number of anilines is 2. The van der Waals surface area contributed by atoms with Crippen molar-refractivity contribution in [3.8, 4) is 0 Å². The van der Waals surface area contributed by atoms with E-state index in [1.165, 1.54) is 26.2 Å². The maximum absolute atomic E-state index is 12.5. The number of nitrogens with zero attached hydrogens (tertiary/aromatic N) is 3. The second-order valence-corrected chi connectivity index (χ2v) is 8.45. The Bertz CT molecular complexity index is 1160. The van der Waals surface area contributed by atoms with Crippen molar-refractivity contribution >= 4 is 35.0 Å². The number of carbonyl (C=O) groups is 3. The summed E-state index contributed by atoms with van der Waals surface area (Å²) in [6.45, 7) is 2.69. The Labute approximate surface area is 201 Å². The summed E-state index contributed by atoms with van der Waals surface area (Å²) in [6.07, 6.45) is 0.809. The predicted octanol–water partition coefficient (Wildman–Crippen LogP) is 3.01. The zero-order chi connectivity index (χ0) is 25.1. The number of para-hydroxylation sites is 1. The Balaban J connectivity index is 1.49. The first-order valence-electron chi connectivity index (χ1n) is 11.3. The molecule has 1 N–H and O–H groups in total. The van der Waals surface area contributed by atoms with Crippen LogP contribution in [0.25, 0.3) is 0 Å². The molecule has 1 fully saturated rings. The van der Waals surface area contributed by atoms with Crippen LogP contribution in [0.3, 0.4) is 0 Å². The number of carbonyl (C=O) groups excluding carboxylic acids is 3. The quantitative estimate of drug-likeness (QED) is 0.378. The first-order chi connectivity index (χ1) is 16.8. The highest BCUT2D eigenvalue weighted by atomic mass is 16.6. The van der Waals surface area contributed by atoms with Crippen molar-refractivity contribution in [2.24, 2.45) is 0 Å². The monoisotopic (exact) mass is 482 g/mol. The number of ether oxygens (including phenoxy) is 2. The van der Waals surface area contributed by atoms with Gasteiger partial charge >= 0.3 is 12.1 Å². The molecule has 1 atom stereocenters. The lowest BCUT2D eigenvalue weighted by molar-refractivity contribution is -0.384. The van der Waals surface area contributed by atoms with E-state index in [4.69, 9.17) is 4.74 Å². The van der Waals surface area contributed by atoms with Crippen LogP contribution in [0.1, 0.15) is 35.7 Å². The molecule has 1 unspecified atom stereocenters. The number of rotatable bonds is 6. The lowest BCUT2D eigenvalue weighted by atomic mass is 9.99. The minimum atomic E-state index is -0.892. The largest absolute Gasteiger partial charge is 0.467 e. The number of hydrogen-bond acceptors (Lipinski definition) is 8. The first-order valence-corrected chi connectivity index (χ1v) is 11.3. The number of cyclic esters (lactones) is 1. The Morgan fingerprint density at radius 3 is 2.57 bits per heavy atom. The summed E-state index contributed by atoms with van der Waals surface area (Å²) in [6, 6.07) is 10.9. The molecule has 0 spiro atoms. The molecule has 0 aliphatic carbocycles. The molecule has 11 nitrogen and oxygen atoms in total. The second-order valence-electron chi connectivity index (χ2n) is 8.45. The third-order valence-corrected chi connectivity index (χ3v) is 6.31. The van der Waals surface area contributed by atoms with Crippen molar-refractivity contribution in [2.45, 2.75) is 38.5 Å². The average Bonchev–Trinajstić information content (AvgIpc) is 2.87. The maximum Gasteiger partial charge on any atom is 0.414 e. The maximum atomic E-state index is 12.5. The van der Waals surface area contributed by atoms with Crippen LogP contribution in [0, 0.1) is 10.1 Å². The van der Waals surface area contributed by atoms with Gasteiger partial charge in [0.1, 0.15) is 18.3 Å². The van der Waals surface area contributed by atoms with Gasteiger partial charge in [-0.2, -0.15) is 0 Å². The number of piperidine rings is 1. The van der Waals surface area contributed by atoms with Gasteiger partial charge in [-0.15, -0.1) is 0 Å². The minimum absolute atomic E-state index is 0.0683. The van der Waals surface area contributed by atoms with Gasteiger partial charge in [-0.1, -0.05) is 18.2 Å². The molecular weight excluding hydrogens is 456 g/mol. The molecule has 2 aliphatic heterocycles. The summed E-state index contributed by atoms with van der Waals surface area (Å²) in [7, 11) is 1.21. The number of amides is 2. The fourth-order valence-electron chi connectivity index (χ4n) is 4.48. The van der Waals surface area contributed by atoms with Gasteiger partial charge in [0, 0.05) is 36.3 Å². The summed E-state index contributed by atoms with van der Waals surface area (Å²) in [4.78, 5) is 51.4. The Hall–Kier alpha value is -4.15. The molecule has 2 amide bonds. The Morgan fingerprint density at radius 1 is 1.17 bits per heavy atom. The van der Waals surface area contributed by atoms with Crippen molar-refractivity contribution in [1.82, 2.24) is 5.32 Å². The number of nitro groups is 1. The summed E-state index contributed by atoms with van der Waals surface area (Å²) in [5.41, 5.74) is 2.04. The van der Waals surface area contributed by atoms with Crippen molar-refractivity contribution in [1.29, 1.82) is 0 Å². The molecule has 11 heteroatoms. The molecule has 4 rings (SSSR count). The van der Waals surface area contributed by atoms with Crippen LogP contribution in [0.5, 0.6) is 0 Å². The summed E-state index contributed by atoms with van der Waals surface area (Å²) < 4.78 is 9.92. The molecule has 2 aromatic carbocycles. The third kappa shape index (κ3) is 4.88. The molecule has 2 aliphatic rings. The SMILES string of the molecule is COC(=O)C(C)NC(=O)c1ccc(N2CCC(N3C(=O)OCc4ccccc43)CC2)c([N+](=O)[O-])c1. The zero-order valence-electron chi connectivity index (χ0n) is 19.4. The second kappa shape index (κ2) is 10.00. The smallest absolute Gasteiger partial charge is 0.414 e. The highest BCUT2D eigenvalue weighted by Crippen LogP contribution is 2.35. The molecule has 35 heavy (non-hydrogen) atoms. The van der Waals surface area contributed by atoms with Crippen LogP contribution in [-0.2, 0) is 20.9 Å². The van der Waals surface area contributed by atoms with Crippen molar-refractivity contribution in [2.75, 3.05) is 30.0 Å². The number of nitrogens with one attached hydrogen (secondary N) is 1. The number of esters is 1. The Morgan fingerprint density at radius 2 is 1.89 bits per heavy atom. The van der Waals surface area contributed by atoms with Crippen LogP contribution in [-0.4, -0.2) is 55.2 Å². The number of methoxy groups -OCH3 is 1. The average molecular weight is 482 g/mol. The van der Waals surface area contributed by atoms with Gasteiger partial charge in [-0.25, -0.2) is 9.59 Å². The van der Waals surface area contributed by atoms with Crippen LogP contribution in [0.2, 0.25) is 0 Å². The number of fused-ring (bicyclic) bond motifs is 1. The highest BCUT2D eigenvalue weighted by molar-refractivity contribution is 5.98. The standard InChI is InChI=1S/C24H26N4O7/c1-15(23(30)34-2)25-22(29)16-7-8-20(21(13-16)28(32)33)26-11-9-18(10-12-26)27-19-6-4-3-5-17(19)14-35-24(27)31/h3-8,13,15,18H,9-12,14H2,1-2H3,(H,25,29). The van der Waals surface area contributed by atoms with Crippen LogP contribution in [0.4, 0.5) is 21.9 Å². The topological polar surface area (TPSA) is 131 Å². The molecule has 2 heterocycles. The van der Waals surface area contributed by atoms with E-state index in [0.717, 1.165) is 11.3 Å². The van der Waals surface area contributed by atoms with Gasteiger partial charge in [-0.05, 0) is 38.0 Å². The van der Waals surface area contributed by atoms with Crippen molar-refractivity contribution < 1.29 is 28.8 Å². The van der Waals surface area contributed by atoms with E-state index in [-0.39, 0.29) is 30.0 Å². The summed E-state index contributed by atoms with van der Waals surface area (Å²) in [5.74, 6) is -1.23. The fourth-order valence-corrected chi connectivity index (χ4v) is 4.48. The van der Waals surface area contributed by atoms with E-state index < -0.39 is 22.8 Å². The molecule has 0 radical (unpaired) electrons. The highest BCUT2D eigenvalue weighted by Gasteiger charge is 2.35. The lowest BCUT2D eigenvalue weighted by Gasteiger charge is -2.40. The van der Waals surface area contributed by atoms with Gasteiger partial charge in [0.15, 0.2) is 0 Å². The molecule has 0 aromatic heterocycles. The van der Waals surface area contributed by atoms with Crippen LogP contribution >= 0.6 is 0 Å². The molecule has 2 aromatic rings. The molecule has 0 saturated carbocycles. The molecule has 184 valence electrons. The van der Waals surface area contributed by atoms with E-state index in [1.807, 2.05) is 29.2 Å². The predicted molar refractivity (Wildman–Crippen MR) is 126 cm³/mol. The lowest BCUT2D eigenvalue weighted by Crippen LogP contribution is -2.49. The Kier molecular flexibility index (Phi) is 6.85. The third-order valence-electron chi connectivity index (χ3n) is 6.31. The van der Waals surface area contributed by atoms with Gasteiger partial charge in [-0.3, -0.25) is 19.8 Å². The molecule has 1 saturated heterocycles. The van der Waals surface area contributed by atoms with Gasteiger partial charge in [0.05, 0.1) is 17.7 Å². The van der Waals surface area contributed by atoms with Gasteiger partial charge in [0.2, 0.25) is 0 Å². The van der Waals surface area contributed by atoms with Crippen LogP contribution in [0.15, 0.2) is 42.5 Å². The van der Waals surface area contributed by atoms with Crippen molar-refractivity contribution in [3.63, 3.8) is 0 Å².